The lowest BCUT2D eigenvalue weighted by Crippen LogP contribution is -2.41. The minimum absolute atomic E-state index is 0.221. The first-order valence-corrected chi connectivity index (χ1v) is 10.2. The quantitative estimate of drug-likeness (QED) is 0.654. The number of hydrogen-bond acceptors (Lipinski definition) is 4. The summed E-state index contributed by atoms with van der Waals surface area (Å²) in [4.78, 5) is 6.79. The molecular formula is C21H26BNO2S. The molecule has 0 spiro atoms. The predicted octanol–water partition coefficient (Wildman–Crippen LogP) is 5.69. The zero-order valence-corrected chi connectivity index (χ0v) is 17.1. The Balaban J connectivity index is 1.71. The number of hydrogen-bond donors (Lipinski definition) is 0. The summed E-state index contributed by atoms with van der Waals surface area (Å²) in [7, 11) is -0.221. The van der Waals surface area contributed by atoms with Gasteiger partial charge in [-0.1, -0.05) is 0 Å². The van der Waals surface area contributed by atoms with Crippen molar-refractivity contribution in [1.29, 1.82) is 0 Å². The average molecular weight is 367 g/mol. The fourth-order valence-corrected chi connectivity index (χ4v) is 4.81. The van der Waals surface area contributed by atoms with E-state index in [2.05, 4.69) is 57.8 Å². The Morgan fingerprint density at radius 1 is 1.04 bits per heavy atom. The van der Waals surface area contributed by atoms with Crippen molar-refractivity contribution in [3.05, 3.63) is 46.5 Å². The van der Waals surface area contributed by atoms with Gasteiger partial charge in [0.25, 0.3) is 0 Å². The van der Waals surface area contributed by atoms with Crippen molar-refractivity contribution in [3.63, 3.8) is 0 Å². The van der Waals surface area contributed by atoms with Gasteiger partial charge < -0.3 is 9.31 Å². The van der Waals surface area contributed by atoms with E-state index < -0.39 is 0 Å². The monoisotopic (exact) mass is 367 g/mol. The fourth-order valence-electron chi connectivity index (χ4n) is 3.76. The van der Waals surface area contributed by atoms with E-state index in [1.165, 1.54) is 38.3 Å². The molecule has 3 heterocycles. The molecule has 1 saturated heterocycles. The summed E-state index contributed by atoms with van der Waals surface area (Å²) in [6.07, 6.45) is 7.05. The molecule has 0 bridgehead atoms. The van der Waals surface area contributed by atoms with E-state index in [0.29, 0.717) is 0 Å². The molecule has 1 aliphatic heterocycles. The van der Waals surface area contributed by atoms with Crippen molar-refractivity contribution in [2.24, 2.45) is 0 Å². The molecule has 0 aromatic carbocycles. The van der Waals surface area contributed by atoms with Gasteiger partial charge in [0.15, 0.2) is 0 Å². The van der Waals surface area contributed by atoms with Gasteiger partial charge in [-0.25, -0.2) is 0 Å². The van der Waals surface area contributed by atoms with Gasteiger partial charge in [0.1, 0.15) is 0 Å². The van der Waals surface area contributed by atoms with Gasteiger partial charge in [-0.3, -0.25) is 4.98 Å². The van der Waals surface area contributed by atoms with Crippen LogP contribution in [-0.2, 0) is 9.31 Å². The third-order valence-corrected chi connectivity index (χ3v) is 7.11. The highest BCUT2D eigenvalue weighted by Crippen LogP contribution is 2.46. The zero-order valence-electron chi connectivity index (χ0n) is 16.3. The number of nitrogens with zero attached hydrogens (tertiary/aromatic N) is 1. The number of allylic oxidation sites excluding steroid dienone is 2. The molecule has 3 nitrogen and oxygen atoms in total. The van der Waals surface area contributed by atoms with Crippen LogP contribution in [0.5, 0.6) is 0 Å². The van der Waals surface area contributed by atoms with Crippen molar-refractivity contribution in [3.8, 4) is 10.4 Å². The molecule has 26 heavy (non-hydrogen) atoms. The normalized spacial score (nSPS) is 21.7. The fraction of sp³-hybridized carbons (Fsp3) is 0.476. The third-order valence-electron chi connectivity index (χ3n) is 6.01. The Morgan fingerprint density at radius 2 is 1.69 bits per heavy atom. The second kappa shape index (κ2) is 6.33. The van der Waals surface area contributed by atoms with Crippen LogP contribution in [0.15, 0.2) is 36.1 Å². The van der Waals surface area contributed by atoms with Gasteiger partial charge in [-0.15, -0.1) is 11.3 Å². The molecule has 2 aromatic rings. The summed E-state index contributed by atoms with van der Waals surface area (Å²) in [6.45, 7) is 10.7. The number of rotatable bonds is 3. The van der Waals surface area contributed by atoms with E-state index in [1.54, 1.807) is 0 Å². The molecule has 0 amide bonds. The van der Waals surface area contributed by atoms with Crippen molar-refractivity contribution < 1.29 is 9.31 Å². The minimum Gasteiger partial charge on any atom is -0.400 e. The molecular weight excluding hydrogens is 341 g/mol. The maximum absolute atomic E-state index is 6.35. The molecule has 5 heteroatoms. The second-order valence-corrected chi connectivity index (χ2v) is 9.52. The summed E-state index contributed by atoms with van der Waals surface area (Å²) in [6, 6.07) is 6.49. The molecule has 0 N–H and O–H groups in total. The number of aromatic nitrogens is 1. The van der Waals surface area contributed by atoms with Gasteiger partial charge in [0.05, 0.1) is 11.2 Å². The summed E-state index contributed by atoms with van der Waals surface area (Å²) >= 11 is 1.85. The Kier molecular flexibility index (Phi) is 4.37. The Hall–Kier alpha value is -1.43. The van der Waals surface area contributed by atoms with Crippen LogP contribution in [0.25, 0.3) is 16.0 Å². The molecule has 136 valence electrons. The van der Waals surface area contributed by atoms with E-state index >= 15 is 0 Å². The summed E-state index contributed by atoms with van der Waals surface area (Å²) in [5.41, 5.74) is 4.79. The third kappa shape index (κ3) is 2.96. The number of thiophene rings is 1. The van der Waals surface area contributed by atoms with Crippen molar-refractivity contribution in [2.75, 3.05) is 0 Å². The van der Waals surface area contributed by atoms with Crippen LogP contribution >= 0.6 is 11.3 Å². The Bertz CT molecular complexity index is 838. The van der Waals surface area contributed by atoms with Crippen molar-refractivity contribution in [2.45, 2.75) is 65.1 Å². The van der Waals surface area contributed by atoms with Gasteiger partial charge in [0.2, 0.25) is 0 Å². The van der Waals surface area contributed by atoms with Crippen LogP contribution in [0.3, 0.4) is 0 Å². The predicted molar refractivity (Wildman–Crippen MR) is 109 cm³/mol. The van der Waals surface area contributed by atoms with Gasteiger partial charge >= 0.3 is 7.12 Å². The van der Waals surface area contributed by atoms with E-state index in [4.69, 9.17) is 9.31 Å². The van der Waals surface area contributed by atoms with Crippen LogP contribution < -0.4 is 0 Å². The molecule has 1 aliphatic carbocycles. The highest BCUT2D eigenvalue weighted by Gasteiger charge is 2.53. The topological polar surface area (TPSA) is 31.4 Å². The van der Waals surface area contributed by atoms with E-state index in [-0.39, 0.29) is 18.3 Å². The smallest absolute Gasteiger partial charge is 0.400 e. The molecule has 0 saturated carbocycles. The maximum Gasteiger partial charge on any atom is 0.490 e. The van der Waals surface area contributed by atoms with Gasteiger partial charge in [-0.2, -0.15) is 0 Å². The molecule has 0 unspecified atom stereocenters. The highest BCUT2D eigenvalue weighted by atomic mass is 32.1. The van der Waals surface area contributed by atoms with Crippen LogP contribution in [0.1, 0.15) is 57.4 Å². The van der Waals surface area contributed by atoms with Crippen molar-refractivity contribution in [1.82, 2.24) is 4.98 Å². The maximum atomic E-state index is 6.35. The van der Waals surface area contributed by atoms with Gasteiger partial charge in [-0.05, 0) is 94.3 Å². The molecule has 2 aromatic heterocycles. The SMILES string of the molecule is Cc1sc(-c2ccncc2)cc1C1=C(B2OC(C)(C)C(C)(C)O2)CCC1. The standard InChI is InChI=1S/C21H26BNO2S/c1-14-17(13-19(26-14)15-9-11-23-12-10-15)16-7-6-8-18(16)22-24-20(2,3)21(4,5)25-22/h9-13H,6-8H2,1-5H3. The molecule has 0 atom stereocenters. The number of pyridine rings is 1. The van der Waals surface area contributed by atoms with Gasteiger partial charge in [0, 0.05) is 22.1 Å². The van der Waals surface area contributed by atoms with Crippen molar-refractivity contribution >= 4 is 24.0 Å². The molecule has 4 rings (SSSR count). The first kappa shape index (κ1) is 18.0. The van der Waals surface area contributed by atoms with E-state index in [9.17, 15) is 0 Å². The van der Waals surface area contributed by atoms with Crippen LogP contribution in [-0.4, -0.2) is 23.3 Å². The lowest BCUT2D eigenvalue weighted by Gasteiger charge is -2.32. The molecule has 2 aliphatic rings. The first-order chi connectivity index (χ1) is 12.3. The van der Waals surface area contributed by atoms with Crippen LogP contribution in [0, 0.1) is 6.92 Å². The summed E-state index contributed by atoms with van der Waals surface area (Å²) < 4.78 is 12.7. The highest BCUT2D eigenvalue weighted by molar-refractivity contribution is 7.15. The molecule has 0 radical (unpaired) electrons. The molecule has 1 fully saturated rings. The summed E-state index contributed by atoms with van der Waals surface area (Å²) in [5, 5.41) is 0. The lowest BCUT2D eigenvalue weighted by atomic mass is 9.74. The second-order valence-electron chi connectivity index (χ2n) is 8.26. The number of aryl methyl sites for hydroxylation is 1. The minimum atomic E-state index is -0.287. The Morgan fingerprint density at radius 3 is 2.35 bits per heavy atom. The van der Waals surface area contributed by atoms with E-state index in [0.717, 1.165) is 12.8 Å². The Labute approximate surface area is 160 Å². The average Bonchev–Trinajstić information content (AvgIpc) is 3.25. The lowest BCUT2D eigenvalue weighted by molar-refractivity contribution is 0.00578. The largest absolute Gasteiger partial charge is 0.490 e. The van der Waals surface area contributed by atoms with Crippen LogP contribution in [0.2, 0.25) is 0 Å². The van der Waals surface area contributed by atoms with E-state index in [1.807, 2.05) is 23.7 Å². The zero-order chi connectivity index (χ0) is 18.5. The van der Waals surface area contributed by atoms with Crippen LogP contribution in [0.4, 0.5) is 0 Å². The first-order valence-electron chi connectivity index (χ1n) is 9.37. The summed E-state index contributed by atoms with van der Waals surface area (Å²) in [5.74, 6) is 0.